The Morgan fingerprint density at radius 1 is 1.26 bits per heavy atom. The lowest BCUT2D eigenvalue weighted by atomic mass is 9.84. The van der Waals surface area contributed by atoms with Gasteiger partial charge in [0.1, 0.15) is 5.82 Å². The van der Waals surface area contributed by atoms with E-state index in [9.17, 15) is 22.4 Å². The van der Waals surface area contributed by atoms with Crippen molar-refractivity contribution in [2.24, 2.45) is 4.99 Å². The molecule has 184 valence electrons. The van der Waals surface area contributed by atoms with Gasteiger partial charge in [-0.1, -0.05) is 5.16 Å². The zero-order valence-corrected chi connectivity index (χ0v) is 18.1. The molecule has 3 aromatic rings. The Balaban J connectivity index is 1.72. The van der Waals surface area contributed by atoms with E-state index in [-0.39, 0.29) is 28.4 Å². The maximum Gasteiger partial charge on any atom is 0.425 e. The molecule has 10 nitrogen and oxygen atoms in total. The molecule has 2 N–H and O–H groups in total. The molecule has 0 bridgehead atoms. The van der Waals surface area contributed by atoms with Gasteiger partial charge in [0, 0.05) is 23.6 Å². The number of nitrogens with one attached hydrogen (secondary N) is 1. The summed E-state index contributed by atoms with van der Waals surface area (Å²) in [5.74, 6) is -0.0337. The number of hydrogen-bond donors (Lipinski definition) is 2. The topological polar surface area (TPSA) is 132 Å². The molecule has 2 atom stereocenters. The lowest BCUT2D eigenvalue weighted by molar-refractivity contribution is -0.208. The number of methoxy groups -OCH3 is 1. The second-order valence-electron chi connectivity index (χ2n) is 7.69. The molecular formula is C21H17F4N5O5. The number of benzene rings is 1. The van der Waals surface area contributed by atoms with Gasteiger partial charge in [-0.3, -0.25) is 0 Å². The minimum atomic E-state index is -4.85. The normalized spacial score (nSPS) is 20.1. The van der Waals surface area contributed by atoms with E-state index in [2.05, 4.69) is 24.9 Å². The molecule has 35 heavy (non-hydrogen) atoms. The smallest absolute Gasteiger partial charge is 0.425 e. The summed E-state index contributed by atoms with van der Waals surface area (Å²) in [6.45, 7) is 1.25. The molecule has 14 heteroatoms. The van der Waals surface area contributed by atoms with E-state index in [0.29, 0.717) is 5.75 Å². The summed E-state index contributed by atoms with van der Waals surface area (Å²) in [6, 6.07) is 4.23. The van der Waals surface area contributed by atoms with E-state index >= 15 is 0 Å². The van der Waals surface area contributed by atoms with E-state index in [0.717, 1.165) is 6.07 Å². The Hall–Kier alpha value is -4.23. The SMILES string of the molecule is COc1cnc(-c2cc(-c3ccc(F)c([C@]4(C)C[C@@H](C(F)(F)F)OC(NC(=O)O)=N4)c3)on2)nc1. The van der Waals surface area contributed by atoms with Crippen LogP contribution >= 0.6 is 0 Å². The number of halogens is 4. The van der Waals surface area contributed by atoms with Crippen LogP contribution < -0.4 is 10.1 Å². The van der Waals surface area contributed by atoms with E-state index in [1.807, 2.05) is 0 Å². The Labute approximate surface area is 194 Å². The number of carboxylic acid groups (broad SMARTS) is 1. The van der Waals surface area contributed by atoms with E-state index in [1.54, 1.807) is 5.32 Å². The van der Waals surface area contributed by atoms with Crippen LogP contribution in [-0.4, -0.2) is 51.7 Å². The molecule has 0 radical (unpaired) electrons. The van der Waals surface area contributed by atoms with Crippen LogP contribution in [0, 0.1) is 5.82 Å². The summed E-state index contributed by atoms with van der Waals surface area (Å²) < 4.78 is 70.3. The van der Waals surface area contributed by atoms with Gasteiger partial charge in [-0.15, -0.1) is 0 Å². The molecule has 1 amide bonds. The number of aromatic nitrogens is 3. The number of ether oxygens (including phenoxy) is 2. The predicted molar refractivity (Wildman–Crippen MR) is 111 cm³/mol. The highest BCUT2D eigenvalue weighted by atomic mass is 19.4. The lowest BCUT2D eigenvalue weighted by Gasteiger charge is -2.36. The van der Waals surface area contributed by atoms with Gasteiger partial charge in [0.15, 0.2) is 29.1 Å². The molecule has 2 aromatic heterocycles. The average Bonchev–Trinajstić information content (AvgIpc) is 3.28. The lowest BCUT2D eigenvalue weighted by Crippen LogP contribution is -2.48. The van der Waals surface area contributed by atoms with E-state index in [4.69, 9.17) is 14.4 Å². The highest BCUT2D eigenvalue weighted by Gasteiger charge is 2.50. The van der Waals surface area contributed by atoms with Crippen molar-refractivity contribution >= 4 is 12.1 Å². The van der Waals surface area contributed by atoms with Crippen molar-refractivity contribution in [1.29, 1.82) is 0 Å². The van der Waals surface area contributed by atoms with Crippen molar-refractivity contribution in [1.82, 2.24) is 20.4 Å². The zero-order chi connectivity index (χ0) is 25.4. The minimum absolute atomic E-state index is 0.163. The third-order valence-electron chi connectivity index (χ3n) is 5.20. The van der Waals surface area contributed by atoms with Crippen molar-refractivity contribution in [3.8, 4) is 28.6 Å². The first-order chi connectivity index (χ1) is 16.5. The quantitative estimate of drug-likeness (QED) is 0.517. The number of nitrogens with zero attached hydrogens (tertiary/aromatic N) is 4. The number of alkyl halides is 3. The Bertz CT molecular complexity index is 1280. The molecule has 0 aliphatic carbocycles. The molecule has 0 saturated carbocycles. The standard InChI is InChI=1S/C21H17F4N5O5/c1-20(7-16(21(23,24)25)34-18(29-20)28-19(31)32)12-5-10(3-4-13(12)22)15-6-14(30-35-15)17-26-8-11(33-2)9-27-17/h3-6,8-9,16H,7H2,1-2H3,(H,28,29)(H,31,32)/t16-,20-/m0/s1. The fourth-order valence-electron chi connectivity index (χ4n) is 3.50. The van der Waals surface area contributed by atoms with Crippen LogP contribution in [0.3, 0.4) is 0 Å². The number of hydrogen-bond acceptors (Lipinski definition) is 8. The number of amides is 1. The van der Waals surface area contributed by atoms with E-state index in [1.165, 1.54) is 44.6 Å². The van der Waals surface area contributed by atoms with Crippen molar-refractivity contribution < 1.29 is 41.5 Å². The molecular weight excluding hydrogens is 478 g/mol. The monoisotopic (exact) mass is 495 g/mol. The fraction of sp³-hybridized carbons (Fsp3) is 0.286. The Morgan fingerprint density at radius 3 is 2.60 bits per heavy atom. The summed E-state index contributed by atoms with van der Waals surface area (Å²) in [6.07, 6.45) is -6.89. The Morgan fingerprint density at radius 2 is 1.97 bits per heavy atom. The maximum atomic E-state index is 14.9. The van der Waals surface area contributed by atoms with E-state index < -0.39 is 42.2 Å². The molecule has 1 aliphatic heterocycles. The number of amidine groups is 1. The summed E-state index contributed by atoms with van der Waals surface area (Å²) >= 11 is 0. The van der Waals surface area contributed by atoms with Crippen molar-refractivity contribution in [2.75, 3.05) is 7.11 Å². The second kappa shape index (κ2) is 8.85. The minimum Gasteiger partial charge on any atom is -0.494 e. The summed E-state index contributed by atoms with van der Waals surface area (Å²) in [5.41, 5.74) is -1.50. The molecule has 1 aliphatic rings. The molecule has 4 rings (SSSR count). The van der Waals surface area contributed by atoms with Gasteiger partial charge in [-0.25, -0.2) is 29.5 Å². The van der Waals surface area contributed by atoms with Gasteiger partial charge < -0.3 is 19.1 Å². The number of rotatable bonds is 4. The van der Waals surface area contributed by atoms with Crippen molar-refractivity contribution in [2.45, 2.75) is 31.2 Å². The van der Waals surface area contributed by atoms with Crippen LogP contribution in [0.5, 0.6) is 5.75 Å². The molecule has 0 saturated heterocycles. The maximum absolute atomic E-state index is 14.9. The van der Waals surface area contributed by atoms with Crippen molar-refractivity contribution in [3.05, 3.63) is 48.0 Å². The predicted octanol–water partition coefficient (Wildman–Crippen LogP) is 4.14. The molecule has 0 unspecified atom stereocenters. The summed E-state index contributed by atoms with van der Waals surface area (Å²) in [4.78, 5) is 23.1. The average molecular weight is 495 g/mol. The second-order valence-corrected chi connectivity index (χ2v) is 7.69. The van der Waals surface area contributed by atoms with Gasteiger partial charge in [-0.05, 0) is 25.1 Å². The van der Waals surface area contributed by atoms with Crippen LogP contribution in [0.25, 0.3) is 22.8 Å². The summed E-state index contributed by atoms with van der Waals surface area (Å²) in [7, 11) is 1.46. The molecule has 3 heterocycles. The third kappa shape index (κ3) is 5.00. The van der Waals surface area contributed by atoms with Crippen LogP contribution in [-0.2, 0) is 10.3 Å². The van der Waals surface area contributed by atoms with Crippen LogP contribution in [0.2, 0.25) is 0 Å². The van der Waals surface area contributed by atoms with Crippen LogP contribution in [0.15, 0.2) is 46.2 Å². The first-order valence-electron chi connectivity index (χ1n) is 9.95. The highest BCUT2D eigenvalue weighted by molar-refractivity contribution is 5.90. The third-order valence-corrected chi connectivity index (χ3v) is 5.20. The first kappa shape index (κ1) is 23.9. The van der Waals surface area contributed by atoms with Gasteiger partial charge >= 0.3 is 12.3 Å². The summed E-state index contributed by atoms with van der Waals surface area (Å²) in [5, 5.41) is 14.5. The van der Waals surface area contributed by atoms with Crippen molar-refractivity contribution in [3.63, 3.8) is 0 Å². The largest absolute Gasteiger partial charge is 0.494 e. The fourth-order valence-corrected chi connectivity index (χ4v) is 3.50. The molecule has 0 fully saturated rings. The van der Waals surface area contributed by atoms with Gasteiger partial charge in [0.2, 0.25) is 0 Å². The van der Waals surface area contributed by atoms with Crippen LogP contribution in [0.1, 0.15) is 18.9 Å². The van der Waals surface area contributed by atoms with Gasteiger partial charge in [-0.2, -0.15) is 13.2 Å². The van der Waals surface area contributed by atoms with Crippen LogP contribution in [0.4, 0.5) is 22.4 Å². The zero-order valence-electron chi connectivity index (χ0n) is 18.1. The number of carbonyl (C=O) groups is 1. The van der Waals surface area contributed by atoms with Gasteiger partial charge in [0.05, 0.1) is 25.0 Å². The Kier molecular flexibility index (Phi) is 6.05. The molecule has 0 spiro atoms. The first-order valence-corrected chi connectivity index (χ1v) is 9.95. The van der Waals surface area contributed by atoms with Gasteiger partial charge in [0.25, 0.3) is 6.02 Å². The molecule has 1 aromatic carbocycles. The number of aliphatic imine (C=N–C) groups is 1. The highest BCUT2D eigenvalue weighted by Crippen LogP contribution is 2.42.